The first-order valence-electron chi connectivity index (χ1n) is 16.3. The van der Waals surface area contributed by atoms with Crippen LogP contribution in [-0.2, 0) is 32.2 Å². The predicted octanol–water partition coefficient (Wildman–Crippen LogP) is 4.63. The molecular formula is C36H40F3N3O6. The number of β-amino-alcohol motifs (C(OH)–C–C–N with tert-alkyl or cyclic N) is 1. The third-order valence-electron chi connectivity index (χ3n) is 9.29. The van der Waals surface area contributed by atoms with Crippen molar-refractivity contribution in [3.8, 4) is 11.1 Å². The summed E-state index contributed by atoms with van der Waals surface area (Å²) in [5.41, 5.74) is 5.24. The number of carbonyl (C=O) groups is 2. The molecule has 0 aliphatic carbocycles. The first-order valence-corrected chi connectivity index (χ1v) is 16.3. The van der Waals surface area contributed by atoms with Gasteiger partial charge < -0.3 is 29.9 Å². The van der Waals surface area contributed by atoms with Crippen molar-refractivity contribution >= 4 is 11.8 Å². The number of aliphatic hydroxyl groups is 2. The minimum absolute atomic E-state index is 0.0337. The summed E-state index contributed by atoms with van der Waals surface area (Å²) in [5, 5.41) is 22.2. The van der Waals surface area contributed by atoms with E-state index in [9.17, 15) is 33.0 Å². The van der Waals surface area contributed by atoms with E-state index in [-0.39, 0.29) is 44.4 Å². The Labute approximate surface area is 277 Å². The number of nitrogens with one attached hydrogen (secondary N) is 1. The molecule has 3 N–H and O–H groups in total. The van der Waals surface area contributed by atoms with Crippen LogP contribution >= 0.6 is 0 Å². The van der Waals surface area contributed by atoms with Crippen LogP contribution in [0.15, 0.2) is 72.8 Å². The number of benzene rings is 3. The van der Waals surface area contributed by atoms with E-state index in [1.807, 2.05) is 72.8 Å². The van der Waals surface area contributed by atoms with Gasteiger partial charge >= 0.3 is 12.1 Å². The summed E-state index contributed by atoms with van der Waals surface area (Å²) in [4.78, 5) is 27.4. The second-order valence-electron chi connectivity index (χ2n) is 12.7. The largest absolute Gasteiger partial charge is 0.471 e. The first kappa shape index (κ1) is 34.1. The molecule has 12 heteroatoms. The second-order valence-corrected chi connectivity index (χ2v) is 12.7. The highest BCUT2D eigenvalue weighted by Crippen LogP contribution is 2.39. The van der Waals surface area contributed by atoms with Crippen molar-refractivity contribution in [2.75, 3.05) is 26.2 Å². The van der Waals surface area contributed by atoms with E-state index in [4.69, 9.17) is 9.47 Å². The maximum Gasteiger partial charge on any atom is 0.471 e. The predicted molar refractivity (Wildman–Crippen MR) is 170 cm³/mol. The fourth-order valence-corrected chi connectivity index (χ4v) is 6.74. The number of hydrogen-bond donors (Lipinski definition) is 3. The van der Waals surface area contributed by atoms with Gasteiger partial charge in [-0.25, -0.2) is 0 Å². The van der Waals surface area contributed by atoms with Gasteiger partial charge in [-0.1, -0.05) is 66.7 Å². The first-order chi connectivity index (χ1) is 23.1. The minimum atomic E-state index is -5.02. The fraction of sp³-hybridized carbons (Fsp3) is 0.444. The van der Waals surface area contributed by atoms with Gasteiger partial charge in [0.25, 0.3) is 0 Å². The molecule has 3 aliphatic rings. The van der Waals surface area contributed by atoms with Gasteiger partial charge in [-0.15, -0.1) is 0 Å². The Kier molecular flexibility index (Phi) is 10.5. The molecule has 0 aromatic heterocycles. The van der Waals surface area contributed by atoms with Crippen LogP contribution < -0.4 is 5.32 Å². The summed E-state index contributed by atoms with van der Waals surface area (Å²) >= 11 is 0. The highest BCUT2D eigenvalue weighted by Gasteiger charge is 2.47. The number of ether oxygens (including phenoxy) is 2. The SMILES string of the molecule is O=C(NCc1cccc(-c2ccc([C@@H]3O[C@H](CN4CC[C@H](O)C4)C[C@H](c4ccc(CO)cc4)O3)cc2)c1)[C@@H]1CCCN1C(=O)C(F)(F)F. The van der Waals surface area contributed by atoms with E-state index in [0.29, 0.717) is 30.8 Å². The molecule has 48 heavy (non-hydrogen) atoms. The van der Waals surface area contributed by atoms with Gasteiger partial charge in [-0.05, 0) is 53.1 Å². The van der Waals surface area contributed by atoms with E-state index in [1.54, 1.807) is 0 Å². The maximum absolute atomic E-state index is 13.0. The number of alkyl halides is 3. The summed E-state index contributed by atoms with van der Waals surface area (Å²) in [7, 11) is 0. The average Bonchev–Trinajstić information content (AvgIpc) is 3.75. The van der Waals surface area contributed by atoms with Crippen molar-refractivity contribution < 1.29 is 42.4 Å². The van der Waals surface area contributed by atoms with Gasteiger partial charge in [0.15, 0.2) is 6.29 Å². The quantitative estimate of drug-likeness (QED) is 0.305. The Bertz CT molecular complexity index is 1570. The Morgan fingerprint density at radius 1 is 0.896 bits per heavy atom. The molecule has 3 aromatic rings. The molecule has 0 spiro atoms. The molecular weight excluding hydrogens is 627 g/mol. The maximum atomic E-state index is 13.0. The Morgan fingerprint density at radius 2 is 1.65 bits per heavy atom. The van der Waals surface area contributed by atoms with E-state index in [1.165, 1.54) is 0 Å². The monoisotopic (exact) mass is 667 g/mol. The molecule has 0 unspecified atom stereocenters. The molecule has 3 aromatic carbocycles. The zero-order chi connectivity index (χ0) is 33.8. The third-order valence-corrected chi connectivity index (χ3v) is 9.29. The van der Waals surface area contributed by atoms with Crippen LogP contribution in [0.25, 0.3) is 11.1 Å². The highest BCUT2D eigenvalue weighted by molar-refractivity contribution is 5.90. The molecule has 9 nitrogen and oxygen atoms in total. The smallest absolute Gasteiger partial charge is 0.392 e. The van der Waals surface area contributed by atoms with Gasteiger partial charge in [0, 0.05) is 44.7 Å². The average molecular weight is 668 g/mol. The normalized spacial score (nSPS) is 24.9. The molecule has 2 amide bonds. The van der Waals surface area contributed by atoms with Crippen LogP contribution in [-0.4, -0.2) is 82.4 Å². The summed E-state index contributed by atoms with van der Waals surface area (Å²) in [6.07, 6.45) is -4.37. The van der Waals surface area contributed by atoms with Crippen molar-refractivity contribution in [1.82, 2.24) is 15.1 Å². The molecule has 3 fully saturated rings. The summed E-state index contributed by atoms with van der Waals surface area (Å²) < 4.78 is 51.9. The van der Waals surface area contributed by atoms with Crippen LogP contribution in [0.3, 0.4) is 0 Å². The van der Waals surface area contributed by atoms with Crippen molar-refractivity contribution in [3.63, 3.8) is 0 Å². The van der Waals surface area contributed by atoms with Gasteiger partial charge in [0.1, 0.15) is 6.04 Å². The number of amides is 2. The molecule has 3 heterocycles. The molecule has 6 rings (SSSR count). The van der Waals surface area contributed by atoms with Gasteiger partial charge in [0.2, 0.25) is 5.91 Å². The third kappa shape index (κ3) is 8.07. The number of hydrogen-bond acceptors (Lipinski definition) is 7. The van der Waals surface area contributed by atoms with Crippen LogP contribution in [0.2, 0.25) is 0 Å². The Balaban J connectivity index is 1.12. The van der Waals surface area contributed by atoms with Crippen molar-refractivity contribution in [3.05, 3.63) is 95.1 Å². The summed E-state index contributed by atoms with van der Waals surface area (Å²) in [6.45, 7) is 2.09. The van der Waals surface area contributed by atoms with E-state index < -0.39 is 30.3 Å². The van der Waals surface area contributed by atoms with Crippen LogP contribution in [0, 0.1) is 0 Å². The molecule has 0 bridgehead atoms. The lowest BCUT2D eigenvalue weighted by molar-refractivity contribution is -0.252. The zero-order valence-electron chi connectivity index (χ0n) is 26.4. The van der Waals surface area contributed by atoms with Crippen molar-refractivity contribution in [2.24, 2.45) is 0 Å². The van der Waals surface area contributed by atoms with Gasteiger partial charge in [-0.2, -0.15) is 13.2 Å². The lowest BCUT2D eigenvalue weighted by atomic mass is 9.99. The van der Waals surface area contributed by atoms with E-state index >= 15 is 0 Å². The minimum Gasteiger partial charge on any atom is -0.392 e. The van der Waals surface area contributed by atoms with Crippen molar-refractivity contribution in [2.45, 2.75) is 75.7 Å². The van der Waals surface area contributed by atoms with Crippen LogP contribution in [0.1, 0.15) is 60.3 Å². The molecule has 0 radical (unpaired) electrons. The van der Waals surface area contributed by atoms with E-state index in [2.05, 4.69) is 10.2 Å². The number of nitrogens with zero attached hydrogens (tertiary/aromatic N) is 2. The van der Waals surface area contributed by atoms with Gasteiger partial charge in [0.05, 0.1) is 24.9 Å². The molecule has 3 aliphatic heterocycles. The van der Waals surface area contributed by atoms with Crippen molar-refractivity contribution in [1.29, 1.82) is 0 Å². The number of rotatable bonds is 9. The lowest BCUT2D eigenvalue weighted by Crippen LogP contribution is -2.50. The summed E-state index contributed by atoms with van der Waals surface area (Å²) in [6, 6.07) is 21.9. The number of aliphatic hydroxyl groups excluding tert-OH is 2. The van der Waals surface area contributed by atoms with Crippen LogP contribution in [0.4, 0.5) is 13.2 Å². The van der Waals surface area contributed by atoms with E-state index in [0.717, 1.165) is 46.3 Å². The molecule has 3 saturated heterocycles. The summed E-state index contributed by atoms with van der Waals surface area (Å²) in [5.74, 6) is -2.59. The molecule has 5 atom stereocenters. The topological polar surface area (TPSA) is 112 Å². The second kappa shape index (κ2) is 14.8. The zero-order valence-corrected chi connectivity index (χ0v) is 26.4. The number of likely N-dealkylation sites (tertiary alicyclic amines) is 2. The van der Waals surface area contributed by atoms with Gasteiger partial charge in [-0.3, -0.25) is 14.5 Å². The highest BCUT2D eigenvalue weighted by atomic mass is 19.4. The fourth-order valence-electron chi connectivity index (χ4n) is 6.74. The standard InChI is InChI=1S/C36H40F3N3O6/c37-36(38,39)35(46)42-15-2-5-31(42)33(45)40-19-24-3-1-4-28(17-24)25-10-12-27(13-11-25)34-47-30(21-41-16-14-29(44)20-41)18-32(48-34)26-8-6-23(22-43)7-9-26/h1,3-4,6-13,17,29-32,34,43-44H,2,5,14-16,18-22H2,(H,40,45)/t29-,30-,31-,32+,34+/m0/s1. The lowest BCUT2D eigenvalue weighted by Gasteiger charge is -2.37. The molecule has 256 valence electrons. The Hall–Kier alpha value is -3.81. The Morgan fingerprint density at radius 3 is 2.33 bits per heavy atom. The number of carbonyl (C=O) groups excluding carboxylic acids is 2. The molecule has 0 saturated carbocycles. The number of halogens is 3. The van der Waals surface area contributed by atoms with Crippen LogP contribution in [0.5, 0.6) is 0 Å².